The number of hydrogen-bond donors (Lipinski definition) is 0. The Labute approximate surface area is 193 Å². The molecule has 0 bridgehead atoms. The predicted molar refractivity (Wildman–Crippen MR) is 124 cm³/mol. The van der Waals surface area contributed by atoms with E-state index in [0.717, 1.165) is 22.9 Å². The molecule has 33 heavy (non-hydrogen) atoms. The molecule has 3 aromatic rings. The first kappa shape index (κ1) is 22.0. The molecule has 0 spiro atoms. The lowest BCUT2D eigenvalue weighted by molar-refractivity contribution is -0.142. The zero-order valence-corrected chi connectivity index (χ0v) is 18.7. The van der Waals surface area contributed by atoms with Gasteiger partial charge >= 0.3 is 0 Å². The lowest BCUT2D eigenvalue weighted by Crippen LogP contribution is -2.51. The van der Waals surface area contributed by atoms with Crippen LogP contribution in [-0.4, -0.2) is 55.3 Å². The van der Waals surface area contributed by atoms with Gasteiger partial charge in [0.1, 0.15) is 5.82 Å². The number of pyridine rings is 1. The molecule has 2 aliphatic heterocycles. The van der Waals surface area contributed by atoms with Crippen LogP contribution in [0.5, 0.6) is 0 Å². The third-order valence-corrected chi connectivity index (χ3v) is 6.94. The Bertz CT molecular complexity index is 1130. The van der Waals surface area contributed by atoms with Crippen molar-refractivity contribution >= 4 is 16.8 Å². The predicted octanol–water partition coefficient (Wildman–Crippen LogP) is 4.14. The first-order valence-electron chi connectivity index (χ1n) is 11.7. The zero-order chi connectivity index (χ0) is 22.7. The highest BCUT2D eigenvalue weighted by atomic mass is 19.1. The first-order valence-corrected chi connectivity index (χ1v) is 11.7. The standard InChI is InChI=1S/C27H29FN2O3/c28-24-7-3-2-6-23(24)27(9-12-32-13-10-27)26(31)30-11-14-33-19-21(18-30)15-20-16-22-5-1-4-8-25(22)29-17-20/h1-8,16-17,21H,9-15,18-19H2/t21-/m0/s1. The van der Waals surface area contributed by atoms with Crippen LogP contribution in [0.15, 0.2) is 60.8 Å². The monoisotopic (exact) mass is 448 g/mol. The van der Waals surface area contributed by atoms with Crippen LogP contribution in [0.4, 0.5) is 4.39 Å². The van der Waals surface area contributed by atoms with E-state index >= 15 is 0 Å². The van der Waals surface area contributed by atoms with Crippen LogP contribution in [0.3, 0.4) is 0 Å². The highest BCUT2D eigenvalue weighted by Gasteiger charge is 2.46. The van der Waals surface area contributed by atoms with Crippen molar-refractivity contribution in [1.82, 2.24) is 9.88 Å². The molecule has 5 rings (SSSR count). The van der Waals surface area contributed by atoms with Gasteiger partial charge in [0, 0.05) is 49.4 Å². The van der Waals surface area contributed by atoms with E-state index in [1.54, 1.807) is 12.1 Å². The number of fused-ring (bicyclic) bond motifs is 1. The van der Waals surface area contributed by atoms with E-state index in [1.807, 2.05) is 35.4 Å². The van der Waals surface area contributed by atoms with Gasteiger partial charge in [-0.15, -0.1) is 0 Å². The molecule has 2 fully saturated rings. The fraction of sp³-hybridized carbons (Fsp3) is 0.407. The largest absolute Gasteiger partial charge is 0.381 e. The van der Waals surface area contributed by atoms with Crippen LogP contribution < -0.4 is 0 Å². The minimum absolute atomic E-state index is 0.0111. The van der Waals surface area contributed by atoms with E-state index in [-0.39, 0.29) is 17.6 Å². The Morgan fingerprint density at radius 1 is 1.06 bits per heavy atom. The Hall–Kier alpha value is -2.83. The van der Waals surface area contributed by atoms with Crippen molar-refractivity contribution in [2.45, 2.75) is 24.7 Å². The van der Waals surface area contributed by atoms with Gasteiger partial charge < -0.3 is 14.4 Å². The molecular formula is C27H29FN2O3. The van der Waals surface area contributed by atoms with Gasteiger partial charge in [-0.2, -0.15) is 0 Å². The number of rotatable bonds is 4. The molecule has 1 atom stereocenters. The normalized spacial score (nSPS) is 21.0. The summed E-state index contributed by atoms with van der Waals surface area (Å²) >= 11 is 0. The minimum atomic E-state index is -0.886. The Kier molecular flexibility index (Phi) is 6.38. The fourth-order valence-electron chi connectivity index (χ4n) is 5.22. The van der Waals surface area contributed by atoms with Gasteiger partial charge in [0.2, 0.25) is 5.91 Å². The third kappa shape index (κ3) is 4.50. The number of halogens is 1. The topological polar surface area (TPSA) is 51.7 Å². The van der Waals surface area contributed by atoms with Crippen molar-refractivity contribution in [3.8, 4) is 0 Å². The van der Waals surface area contributed by atoms with Crippen molar-refractivity contribution in [2.24, 2.45) is 5.92 Å². The van der Waals surface area contributed by atoms with Crippen LogP contribution in [0, 0.1) is 11.7 Å². The van der Waals surface area contributed by atoms with Crippen molar-refractivity contribution in [2.75, 3.05) is 39.5 Å². The van der Waals surface area contributed by atoms with Crippen LogP contribution >= 0.6 is 0 Å². The van der Waals surface area contributed by atoms with E-state index in [2.05, 4.69) is 17.1 Å². The highest BCUT2D eigenvalue weighted by molar-refractivity contribution is 5.88. The smallest absolute Gasteiger partial charge is 0.233 e. The summed E-state index contributed by atoms with van der Waals surface area (Å²) in [5, 5.41) is 1.11. The molecule has 0 unspecified atom stereocenters. The Balaban J connectivity index is 1.39. The lowest BCUT2D eigenvalue weighted by Gasteiger charge is -2.40. The molecule has 2 aliphatic rings. The second kappa shape index (κ2) is 9.57. The van der Waals surface area contributed by atoms with Crippen molar-refractivity contribution < 1.29 is 18.7 Å². The van der Waals surface area contributed by atoms with E-state index in [0.29, 0.717) is 57.9 Å². The summed E-state index contributed by atoms with van der Waals surface area (Å²) in [6, 6.07) is 16.9. The van der Waals surface area contributed by atoms with Gasteiger partial charge in [0.25, 0.3) is 0 Å². The minimum Gasteiger partial charge on any atom is -0.381 e. The maximum Gasteiger partial charge on any atom is 0.233 e. The SMILES string of the molecule is O=C(N1CCOC[C@@H](Cc2cnc3ccccc3c2)C1)C1(c2ccccc2F)CCOCC1. The average Bonchev–Trinajstić information content (AvgIpc) is 3.10. The number of amides is 1. The van der Waals surface area contributed by atoms with Gasteiger partial charge in [0.15, 0.2) is 0 Å². The first-order chi connectivity index (χ1) is 16.2. The summed E-state index contributed by atoms with van der Waals surface area (Å²) in [6.07, 6.45) is 3.67. The molecule has 0 radical (unpaired) electrons. The summed E-state index contributed by atoms with van der Waals surface area (Å²) < 4.78 is 26.3. The number of aromatic nitrogens is 1. The number of carbonyl (C=O) groups excluding carboxylic acids is 1. The second-order valence-electron chi connectivity index (χ2n) is 9.11. The Morgan fingerprint density at radius 3 is 2.70 bits per heavy atom. The molecule has 3 heterocycles. The second-order valence-corrected chi connectivity index (χ2v) is 9.11. The van der Waals surface area contributed by atoms with Gasteiger partial charge in [0.05, 0.1) is 24.1 Å². The molecule has 1 aromatic heterocycles. The zero-order valence-electron chi connectivity index (χ0n) is 18.7. The average molecular weight is 449 g/mol. The maximum atomic E-state index is 14.9. The van der Waals surface area contributed by atoms with Crippen LogP contribution in [0.25, 0.3) is 10.9 Å². The number of nitrogens with zero attached hydrogens (tertiary/aromatic N) is 2. The van der Waals surface area contributed by atoms with E-state index in [1.165, 1.54) is 6.07 Å². The van der Waals surface area contributed by atoms with E-state index in [9.17, 15) is 9.18 Å². The summed E-state index contributed by atoms with van der Waals surface area (Å²) in [4.78, 5) is 20.5. The molecule has 172 valence electrons. The third-order valence-electron chi connectivity index (χ3n) is 6.94. The van der Waals surface area contributed by atoms with Gasteiger partial charge in [-0.1, -0.05) is 36.4 Å². The summed E-state index contributed by atoms with van der Waals surface area (Å²) in [6.45, 7) is 3.09. The Morgan fingerprint density at radius 2 is 1.85 bits per heavy atom. The van der Waals surface area contributed by atoms with Crippen molar-refractivity contribution in [3.05, 3.63) is 77.7 Å². The van der Waals surface area contributed by atoms with E-state index in [4.69, 9.17) is 9.47 Å². The molecule has 1 amide bonds. The van der Waals surface area contributed by atoms with Crippen LogP contribution in [0.2, 0.25) is 0 Å². The molecule has 0 N–H and O–H groups in total. The number of para-hydroxylation sites is 1. The molecule has 2 saturated heterocycles. The van der Waals surface area contributed by atoms with Gasteiger partial charge in [-0.05, 0) is 43.0 Å². The highest BCUT2D eigenvalue weighted by Crippen LogP contribution is 2.38. The molecule has 2 aromatic carbocycles. The number of carbonyl (C=O) groups is 1. The molecule has 5 nitrogen and oxygen atoms in total. The van der Waals surface area contributed by atoms with Crippen molar-refractivity contribution in [3.63, 3.8) is 0 Å². The quantitative estimate of drug-likeness (QED) is 0.602. The summed E-state index contributed by atoms with van der Waals surface area (Å²) in [7, 11) is 0. The number of benzene rings is 2. The van der Waals surface area contributed by atoms with Crippen molar-refractivity contribution in [1.29, 1.82) is 0 Å². The number of hydrogen-bond acceptors (Lipinski definition) is 4. The van der Waals surface area contributed by atoms with E-state index < -0.39 is 5.41 Å². The molecule has 6 heteroatoms. The van der Waals surface area contributed by atoms with Gasteiger partial charge in [-0.3, -0.25) is 9.78 Å². The van der Waals surface area contributed by atoms with Crippen LogP contribution in [-0.2, 0) is 26.1 Å². The lowest BCUT2D eigenvalue weighted by atomic mass is 9.72. The molecular weight excluding hydrogens is 419 g/mol. The van der Waals surface area contributed by atoms with Gasteiger partial charge in [-0.25, -0.2) is 4.39 Å². The fourth-order valence-corrected chi connectivity index (χ4v) is 5.22. The molecule has 0 saturated carbocycles. The summed E-state index contributed by atoms with van der Waals surface area (Å²) in [5.74, 6) is -0.183. The maximum absolute atomic E-state index is 14.9. The van der Waals surface area contributed by atoms with Crippen LogP contribution in [0.1, 0.15) is 24.0 Å². The molecule has 0 aliphatic carbocycles. The number of ether oxygens (including phenoxy) is 2. The summed E-state index contributed by atoms with van der Waals surface area (Å²) in [5.41, 5.74) is 1.70.